The summed E-state index contributed by atoms with van der Waals surface area (Å²) in [5.41, 5.74) is 0.852. The lowest BCUT2D eigenvalue weighted by Crippen LogP contribution is -2.28. The first kappa shape index (κ1) is 11.5. The zero-order valence-corrected chi connectivity index (χ0v) is 10.5. The van der Waals surface area contributed by atoms with Crippen LogP contribution in [0, 0.1) is 6.92 Å². The van der Waals surface area contributed by atoms with Crippen LogP contribution in [-0.2, 0) is 0 Å². The predicted molar refractivity (Wildman–Crippen MR) is 65.1 cm³/mol. The number of aromatic nitrogens is 1. The maximum atomic E-state index is 11.6. The minimum atomic E-state index is -0.0231. The van der Waals surface area contributed by atoms with Crippen molar-refractivity contribution in [3.05, 3.63) is 15.6 Å². The van der Waals surface area contributed by atoms with Gasteiger partial charge in [-0.05, 0) is 26.3 Å². The van der Waals surface area contributed by atoms with Crippen molar-refractivity contribution in [2.24, 2.45) is 0 Å². The summed E-state index contributed by atoms with van der Waals surface area (Å²) in [7, 11) is 1.66. The Morgan fingerprint density at radius 3 is 3.06 bits per heavy atom. The van der Waals surface area contributed by atoms with E-state index in [1.807, 2.05) is 6.92 Å². The lowest BCUT2D eigenvalue weighted by atomic mass is 10.0. The average Bonchev–Trinajstić information content (AvgIpc) is 2.71. The Balaban J connectivity index is 2.19. The molecular weight excluding hydrogens is 222 g/mol. The first-order valence-electron chi connectivity index (χ1n) is 5.62. The minimum Gasteiger partial charge on any atom is -0.354 e. The van der Waals surface area contributed by atoms with Gasteiger partial charge in [-0.15, -0.1) is 11.3 Å². The lowest BCUT2D eigenvalue weighted by molar-refractivity contribution is 0.0966. The molecule has 2 N–H and O–H groups in total. The Kier molecular flexibility index (Phi) is 3.56. The third kappa shape index (κ3) is 2.25. The summed E-state index contributed by atoms with van der Waals surface area (Å²) in [5, 5.41) is 7.13. The van der Waals surface area contributed by atoms with Gasteiger partial charge in [0.25, 0.3) is 5.91 Å². The molecule has 0 aliphatic carbocycles. The van der Waals surface area contributed by atoms with Crippen molar-refractivity contribution >= 4 is 17.2 Å². The van der Waals surface area contributed by atoms with Crippen molar-refractivity contribution in [3.8, 4) is 0 Å². The van der Waals surface area contributed by atoms with Crippen LogP contribution in [0.2, 0.25) is 0 Å². The van der Waals surface area contributed by atoms with E-state index in [0.29, 0.717) is 5.92 Å². The summed E-state index contributed by atoms with van der Waals surface area (Å²) in [6.07, 6.45) is 2.37. The van der Waals surface area contributed by atoms with Gasteiger partial charge in [-0.25, -0.2) is 4.98 Å². The van der Waals surface area contributed by atoms with Gasteiger partial charge in [0.15, 0.2) is 0 Å². The number of amides is 1. The first-order valence-corrected chi connectivity index (χ1v) is 6.44. The summed E-state index contributed by atoms with van der Waals surface area (Å²) in [4.78, 5) is 16.8. The van der Waals surface area contributed by atoms with Gasteiger partial charge in [0.05, 0.1) is 10.7 Å². The van der Waals surface area contributed by atoms with Crippen molar-refractivity contribution in [2.45, 2.75) is 25.7 Å². The van der Waals surface area contributed by atoms with Crippen LogP contribution < -0.4 is 10.6 Å². The number of hydrogen-bond acceptors (Lipinski definition) is 4. The fourth-order valence-corrected chi connectivity index (χ4v) is 3.13. The summed E-state index contributed by atoms with van der Waals surface area (Å²) in [6.45, 7) is 3.99. The second-order valence-corrected chi connectivity index (χ2v) is 5.12. The van der Waals surface area contributed by atoms with Crippen molar-refractivity contribution < 1.29 is 4.79 Å². The fraction of sp³-hybridized carbons (Fsp3) is 0.636. The number of carbonyl (C=O) groups excluding carboxylic acids is 1. The number of hydrogen-bond donors (Lipinski definition) is 2. The molecule has 1 unspecified atom stereocenters. The van der Waals surface area contributed by atoms with Gasteiger partial charge in [0, 0.05) is 19.5 Å². The average molecular weight is 239 g/mol. The fourth-order valence-electron chi connectivity index (χ4n) is 1.98. The number of rotatable bonds is 2. The number of carbonyl (C=O) groups is 1. The first-order chi connectivity index (χ1) is 7.72. The number of thiazole rings is 1. The maximum Gasteiger partial charge on any atom is 0.263 e. The molecule has 4 nitrogen and oxygen atoms in total. The smallest absolute Gasteiger partial charge is 0.263 e. The second-order valence-electron chi connectivity index (χ2n) is 4.09. The normalized spacial score (nSPS) is 20.8. The van der Waals surface area contributed by atoms with Crippen molar-refractivity contribution in [3.63, 3.8) is 0 Å². The molecular formula is C11H17N3OS. The van der Waals surface area contributed by atoms with E-state index in [1.54, 1.807) is 7.05 Å². The van der Waals surface area contributed by atoms with E-state index in [4.69, 9.17) is 0 Å². The molecule has 1 saturated heterocycles. The molecule has 1 aliphatic rings. The molecule has 88 valence electrons. The third-order valence-corrected chi connectivity index (χ3v) is 4.21. The number of aryl methyl sites for hydroxylation is 1. The second kappa shape index (κ2) is 4.93. The standard InChI is InChI=1S/C11H17N3OS/c1-7-9(10(15)12-2)16-11(14-7)8-4-3-5-13-6-8/h8,13H,3-6H2,1-2H3,(H,12,15). The van der Waals surface area contributed by atoms with Gasteiger partial charge in [-0.2, -0.15) is 0 Å². The monoisotopic (exact) mass is 239 g/mol. The molecule has 0 aromatic carbocycles. The highest BCUT2D eigenvalue weighted by Gasteiger charge is 2.21. The molecule has 16 heavy (non-hydrogen) atoms. The molecule has 0 bridgehead atoms. The zero-order chi connectivity index (χ0) is 11.5. The summed E-state index contributed by atoms with van der Waals surface area (Å²) in [6, 6.07) is 0. The molecule has 1 aromatic heterocycles. The Hall–Kier alpha value is -0.940. The topological polar surface area (TPSA) is 54.0 Å². The van der Waals surface area contributed by atoms with Crippen molar-refractivity contribution in [1.82, 2.24) is 15.6 Å². The largest absolute Gasteiger partial charge is 0.354 e. The molecule has 0 spiro atoms. The summed E-state index contributed by atoms with van der Waals surface area (Å²) < 4.78 is 0. The molecule has 0 saturated carbocycles. The van der Waals surface area contributed by atoms with E-state index in [0.717, 1.165) is 28.7 Å². The van der Waals surface area contributed by atoms with Gasteiger partial charge < -0.3 is 10.6 Å². The predicted octanol–water partition coefficient (Wildman–Crippen LogP) is 1.28. The van der Waals surface area contributed by atoms with Gasteiger partial charge >= 0.3 is 0 Å². The van der Waals surface area contributed by atoms with Crippen molar-refractivity contribution in [2.75, 3.05) is 20.1 Å². The van der Waals surface area contributed by atoms with Crippen LogP contribution in [0.3, 0.4) is 0 Å². The van der Waals surface area contributed by atoms with Crippen LogP contribution in [0.1, 0.15) is 39.1 Å². The van der Waals surface area contributed by atoms with Gasteiger partial charge in [-0.3, -0.25) is 4.79 Å². The Labute approximate surface area is 99.5 Å². The van der Waals surface area contributed by atoms with Gasteiger partial charge in [-0.1, -0.05) is 0 Å². The molecule has 2 heterocycles. The van der Waals surface area contributed by atoms with Crippen LogP contribution in [0.5, 0.6) is 0 Å². The molecule has 1 atom stereocenters. The lowest BCUT2D eigenvalue weighted by Gasteiger charge is -2.20. The summed E-state index contributed by atoms with van der Waals surface area (Å²) in [5.74, 6) is 0.459. The molecule has 1 aromatic rings. The van der Waals surface area contributed by atoms with E-state index in [1.165, 1.54) is 24.2 Å². The van der Waals surface area contributed by atoms with E-state index in [9.17, 15) is 4.79 Å². The number of nitrogens with zero attached hydrogens (tertiary/aromatic N) is 1. The van der Waals surface area contributed by atoms with Gasteiger partial charge in [0.2, 0.25) is 0 Å². The number of piperidine rings is 1. The van der Waals surface area contributed by atoms with Crippen LogP contribution in [0.25, 0.3) is 0 Å². The highest BCUT2D eigenvalue weighted by atomic mass is 32.1. The molecule has 5 heteroatoms. The van der Waals surface area contributed by atoms with Crippen LogP contribution >= 0.6 is 11.3 Å². The van der Waals surface area contributed by atoms with Crippen molar-refractivity contribution in [1.29, 1.82) is 0 Å². The van der Waals surface area contributed by atoms with E-state index < -0.39 is 0 Å². The molecule has 1 fully saturated rings. The van der Waals surface area contributed by atoms with Gasteiger partial charge in [0.1, 0.15) is 4.88 Å². The van der Waals surface area contributed by atoms with E-state index >= 15 is 0 Å². The molecule has 2 rings (SSSR count). The molecule has 1 aliphatic heterocycles. The minimum absolute atomic E-state index is 0.0231. The van der Waals surface area contributed by atoms with Crippen LogP contribution in [-0.4, -0.2) is 31.0 Å². The molecule has 1 amide bonds. The SMILES string of the molecule is CNC(=O)c1sc(C2CCCNC2)nc1C. The van der Waals surface area contributed by atoms with Crippen LogP contribution in [0.15, 0.2) is 0 Å². The van der Waals surface area contributed by atoms with E-state index in [-0.39, 0.29) is 5.91 Å². The highest BCUT2D eigenvalue weighted by Crippen LogP contribution is 2.29. The Morgan fingerprint density at radius 1 is 1.62 bits per heavy atom. The Bertz CT molecular complexity index is 383. The Morgan fingerprint density at radius 2 is 2.44 bits per heavy atom. The summed E-state index contributed by atoms with van der Waals surface area (Å²) >= 11 is 1.54. The molecule has 0 radical (unpaired) electrons. The third-order valence-electron chi connectivity index (χ3n) is 2.89. The zero-order valence-electron chi connectivity index (χ0n) is 9.67. The van der Waals surface area contributed by atoms with Crippen LogP contribution in [0.4, 0.5) is 0 Å². The van der Waals surface area contributed by atoms with E-state index in [2.05, 4.69) is 15.6 Å². The maximum absolute atomic E-state index is 11.6. The number of nitrogens with one attached hydrogen (secondary N) is 2. The quantitative estimate of drug-likeness (QED) is 0.817. The highest BCUT2D eigenvalue weighted by molar-refractivity contribution is 7.13.